The van der Waals surface area contributed by atoms with Gasteiger partial charge in [-0.1, -0.05) is 157 Å². The van der Waals surface area contributed by atoms with E-state index in [1.54, 1.807) is 24.8 Å². The first-order valence-corrected chi connectivity index (χ1v) is 40.6. The van der Waals surface area contributed by atoms with Gasteiger partial charge in [0.1, 0.15) is 30.1 Å². The maximum Gasteiger partial charge on any atom is 0.124 e. The van der Waals surface area contributed by atoms with E-state index in [0.717, 1.165) is 48.2 Å². The van der Waals surface area contributed by atoms with E-state index in [0.29, 0.717) is 11.8 Å². The van der Waals surface area contributed by atoms with E-state index < -0.39 is 8.07 Å². The fourth-order valence-corrected chi connectivity index (χ4v) is 31.7. The van der Waals surface area contributed by atoms with Crippen LogP contribution in [0, 0.1) is 11.8 Å². The van der Waals surface area contributed by atoms with Gasteiger partial charge in [0, 0.05) is 106 Å². The summed E-state index contributed by atoms with van der Waals surface area (Å²) in [6, 6.07) is 27.2. The average molecular weight is 1270 g/mol. The van der Waals surface area contributed by atoms with Gasteiger partial charge < -0.3 is 9.80 Å². The number of thiophene rings is 7. The Hall–Kier alpha value is -3.42. The van der Waals surface area contributed by atoms with Crippen LogP contribution >= 0.6 is 103 Å². The molecule has 0 saturated heterocycles. The van der Waals surface area contributed by atoms with Gasteiger partial charge >= 0.3 is 0 Å². The van der Waals surface area contributed by atoms with Crippen molar-refractivity contribution >= 4 is 182 Å². The monoisotopic (exact) mass is 1270 g/mol. The molecule has 1 aliphatic rings. The summed E-state index contributed by atoms with van der Waals surface area (Å²) in [5, 5.41) is 6.35. The Labute approximate surface area is 524 Å². The summed E-state index contributed by atoms with van der Waals surface area (Å²) in [5.74, 6) is 1.42. The molecule has 0 amide bonds. The highest BCUT2D eigenvalue weighted by molar-refractivity contribution is 7.39. The lowest BCUT2D eigenvalue weighted by molar-refractivity contribution is 0.469. The lowest BCUT2D eigenvalue weighted by Gasteiger charge is -2.36. The van der Waals surface area contributed by atoms with E-state index in [-0.39, 0.29) is 0 Å². The van der Waals surface area contributed by atoms with E-state index >= 15 is 0 Å². The second kappa shape index (κ2) is 26.3. The molecule has 2 atom stereocenters. The number of hydrogen-bond donors (Lipinski definition) is 0. The quantitative estimate of drug-likeness (QED) is 0.0418. The van der Waals surface area contributed by atoms with Gasteiger partial charge in [0.05, 0.1) is 33.5 Å². The van der Waals surface area contributed by atoms with Crippen LogP contribution in [0.25, 0.3) is 102 Å². The zero-order chi connectivity index (χ0) is 56.5. The lowest BCUT2D eigenvalue weighted by atomic mass is 10.0. The van der Waals surface area contributed by atoms with Gasteiger partial charge in [-0.3, -0.25) is 0 Å². The molecular formula is C66H80N6S9Si. The molecule has 16 heteroatoms. The molecule has 432 valence electrons. The first-order chi connectivity index (χ1) is 40.2. The molecule has 0 radical (unpaired) electrons. The Kier molecular flexibility index (Phi) is 18.9. The summed E-state index contributed by atoms with van der Waals surface area (Å²) in [6.07, 6.45) is 20.1. The minimum Gasteiger partial charge on any atom is -0.363 e. The molecule has 11 aromatic rings. The van der Waals surface area contributed by atoms with E-state index in [4.69, 9.17) is 17.5 Å². The molecule has 2 unspecified atom stereocenters. The first-order valence-electron chi connectivity index (χ1n) is 31.0. The number of unbranched alkanes of at least 4 members (excludes halogenated alkanes) is 6. The third kappa shape index (κ3) is 11.3. The highest BCUT2D eigenvalue weighted by Crippen LogP contribution is 2.54. The molecule has 1 aliphatic heterocycles. The predicted molar refractivity (Wildman–Crippen MR) is 379 cm³/mol. The molecule has 2 aromatic carbocycles. The minimum absolute atomic E-state index is 0.709. The van der Waals surface area contributed by atoms with Crippen LogP contribution in [0.5, 0.6) is 0 Å². The first kappa shape index (κ1) is 58.9. The third-order valence-electron chi connectivity index (χ3n) is 17.7. The van der Waals surface area contributed by atoms with Crippen LogP contribution in [0.3, 0.4) is 0 Å². The summed E-state index contributed by atoms with van der Waals surface area (Å²) >= 11 is 16.8. The molecule has 6 nitrogen and oxygen atoms in total. The van der Waals surface area contributed by atoms with Crippen LogP contribution in [0.4, 0.5) is 10.0 Å². The van der Waals surface area contributed by atoms with Gasteiger partial charge in [0.15, 0.2) is 0 Å². The maximum atomic E-state index is 5.15. The Bertz CT molecular complexity index is 3830. The molecule has 12 rings (SSSR count). The second-order valence-electron chi connectivity index (χ2n) is 23.3. The molecule has 0 aliphatic carbocycles. The van der Waals surface area contributed by atoms with Crippen LogP contribution < -0.4 is 20.2 Å². The van der Waals surface area contributed by atoms with Crippen molar-refractivity contribution in [1.29, 1.82) is 0 Å². The van der Waals surface area contributed by atoms with Crippen LogP contribution in [0.15, 0.2) is 60.7 Å². The van der Waals surface area contributed by atoms with Gasteiger partial charge in [-0.05, 0) is 96.4 Å². The fraction of sp³-hybridized carbons (Fsp3) is 0.485. The highest BCUT2D eigenvalue weighted by Gasteiger charge is 2.51. The third-order valence-corrected chi connectivity index (χ3v) is 33.3. The van der Waals surface area contributed by atoms with E-state index in [2.05, 4.69) is 160 Å². The summed E-state index contributed by atoms with van der Waals surface area (Å²) in [7, 11) is -2.37. The lowest BCUT2D eigenvalue weighted by Crippen LogP contribution is -2.57. The van der Waals surface area contributed by atoms with Crippen molar-refractivity contribution < 1.29 is 0 Å². The molecular weight excluding hydrogens is 1190 g/mol. The van der Waals surface area contributed by atoms with Gasteiger partial charge in [0.25, 0.3) is 0 Å². The van der Waals surface area contributed by atoms with Crippen molar-refractivity contribution in [2.24, 2.45) is 11.8 Å². The van der Waals surface area contributed by atoms with Gasteiger partial charge in [0.2, 0.25) is 0 Å². The van der Waals surface area contributed by atoms with Crippen molar-refractivity contribution in [2.75, 3.05) is 36.0 Å². The molecule has 82 heavy (non-hydrogen) atoms. The average Bonchev–Trinajstić information content (AvgIpc) is 1.99. The zero-order valence-electron chi connectivity index (χ0n) is 49.3. The summed E-state index contributed by atoms with van der Waals surface area (Å²) < 4.78 is 29.0. The molecule has 0 fully saturated rings. The van der Waals surface area contributed by atoms with Crippen molar-refractivity contribution in [1.82, 2.24) is 17.5 Å². The molecule has 0 N–H and O–H groups in total. The molecule has 10 heterocycles. The van der Waals surface area contributed by atoms with Crippen molar-refractivity contribution in [3.8, 4) is 51.5 Å². The van der Waals surface area contributed by atoms with Gasteiger partial charge in [-0.2, -0.15) is 17.5 Å². The summed E-state index contributed by atoms with van der Waals surface area (Å²) in [6.45, 7) is 23.5. The predicted octanol–water partition coefficient (Wildman–Crippen LogP) is 23.0. The fourth-order valence-electron chi connectivity index (χ4n) is 13.0. The number of hydrogen-bond acceptors (Lipinski definition) is 15. The van der Waals surface area contributed by atoms with Crippen molar-refractivity contribution in [3.05, 3.63) is 60.7 Å². The van der Waals surface area contributed by atoms with Crippen molar-refractivity contribution in [3.63, 3.8) is 0 Å². The van der Waals surface area contributed by atoms with Crippen LogP contribution in [0.1, 0.15) is 158 Å². The van der Waals surface area contributed by atoms with Crippen LogP contribution in [-0.4, -0.2) is 51.7 Å². The Balaban J connectivity index is 0.929. The Morgan fingerprint density at radius 3 is 1.20 bits per heavy atom. The second-order valence-corrected chi connectivity index (χ2v) is 35.8. The number of aromatic nitrogens is 4. The van der Waals surface area contributed by atoms with Gasteiger partial charge in [-0.25, -0.2) is 0 Å². The van der Waals surface area contributed by atoms with Gasteiger partial charge in [-0.15, -0.1) is 79.4 Å². The number of rotatable bonds is 30. The molecule has 9 aromatic heterocycles. The van der Waals surface area contributed by atoms with E-state index in [1.807, 2.05) is 45.3 Å². The standard InChI is InChI=1S/C66H80N6S9Si/c1-9-17-23-41(15-7)39-82(40-42(16-8)24-18-10-2)56-36-50(46-28-26-44(60-62(46)70-81-68-60)48-34-52-54(74-48)38-58(76-52)72(31-21-13-5)32-22-14-6)78-64(56)65-66(82)63-55(79-65)35-49(77-63)45-27-25-43(59-61(45)69-80-67-59)47-33-51-53(73-47)37-57(75-51)71(29-19-11-3)30-20-12-4/h25-28,33-38,41-42H,9-24,29-32,39-40H2,1-8H3. The summed E-state index contributed by atoms with van der Waals surface area (Å²) in [4.78, 5) is 13.7. The highest BCUT2D eigenvalue weighted by atomic mass is 32.1. The van der Waals surface area contributed by atoms with Crippen LogP contribution in [-0.2, 0) is 0 Å². The largest absolute Gasteiger partial charge is 0.363 e. The molecule has 0 spiro atoms. The molecule has 0 bridgehead atoms. The maximum absolute atomic E-state index is 5.15. The Morgan fingerprint density at radius 1 is 0.402 bits per heavy atom. The Morgan fingerprint density at radius 2 is 0.793 bits per heavy atom. The topological polar surface area (TPSA) is 58.0 Å². The van der Waals surface area contributed by atoms with E-state index in [9.17, 15) is 0 Å². The number of nitrogens with zero attached hydrogens (tertiary/aromatic N) is 6. The zero-order valence-corrected chi connectivity index (χ0v) is 57.7. The number of anilines is 2. The van der Waals surface area contributed by atoms with Crippen LogP contribution in [0.2, 0.25) is 12.1 Å². The van der Waals surface area contributed by atoms with E-state index in [1.165, 1.54) is 214 Å². The SMILES string of the molecule is CCCCC(CC)C[Si]1(CC(CC)CCCC)c2cc(-c3ccc(-c4cc5sc(N(CCCC)CCCC)cc5s4)c4nsnc34)sc2-c2sc3cc(-c4ccc(-c5cc6sc(N(CCCC)CCCC)cc6s5)c5nsnc45)sc3c21. The number of benzene rings is 2. The minimum atomic E-state index is -2.37. The number of fused-ring (bicyclic) bond motifs is 9. The molecule has 0 saturated carbocycles. The normalized spacial score (nSPS) is 15.1. The smallest absolute Gasteiger partial charge is 0.124 e. The van der Waals surface area contributed by atoms with Crippen molar-refractivity contribution in [2.45, 2.75) is 170 Å². The summed E-state index contributed by atoms with van der Waals surface area (Å²) in [5.41, 5.74) is 9.13.